The molecule has 0 bridgehead atoms. The van der Waals surface area contributed by atoms with Crippen molar-refractivity contribution in [3.63, 3.8) is 0 Å². The van der Waals surface area contributed by atoms with E-state index in [1.807, 2.05) is 18.2 Å². The van der Waals surface area contributed by atoms with Gasteiger partial charge in [-0.2, -0.15) is 0 Å². The molecule has 0 spiro atoms. The Morgan fingerprint density at radius 1 is 1.21 bits per heavy atom. The van der Waals surface area contributed by atoms with E-state index in [1.165, 1.54) is 0 Å². The Labute approximate surface area is 116 Å². The van der Waals surface area contributed by atoms with Crippen molar-refractivity contribution >= 4 is 23.2 Å². The fraction of sp³-hybridized carbons (Fsp3) is 0.143. The first-order valence-corrected chi connectivity index (χ1v) is 6.23. The van der Waals surface area contributed by atoms with Gasteiger partial charge in [0.1, 0.15) is 5.69 Å². The van der Waals surface area contributed by atoms with Crippen LogP contribution in [0.2, 0.25) is 5.02 Å². The van der Waals surface area contributed by atoms with Crippen LogP contribution in [0.5, 0.6) is 0 Å². The molecule has 0 radical (unpaired) electrons. The summed E-state index contributed by atoms with van der Waals surface area (Å²) in [5.74, 6) is -0.197. The lowest BCUT2D eigenvalue weighted by atomic mass is 10.2. The number of nitrogens with zero attached hydrogens (tertiary/aromatic N) is 1. The maximum Gasteiger partial charge on any atom is 0.270 e. The van der Waals surface area contributed by atoms with Crippen LogP contribution in [0.4, 0.5) is 5.69 Å². The molecule has 0 aliphatic carbocycles. The summed E-state index contributed by atoms with van der Waals surface area (Å²) in [6.07, 6.45) is 1.62. The van der Waals surface area contributed by atoms with Gasteiger partial charge in [-0.3, -0.25) is 4.79 Å². The van der Waals surface area contributed by atoms with E-state index < -0.39 is 0 Å². The number of pyridine rings is 1. The minimum atomic E-state index is -0.197. The van der Waals surface area contributed by atoms with E-state index in [4.69, 9.17) is 11.6 Å². The van der Waals surface area contributed by atoms with Crippen molar-refractivity contribution < 1.29 is 4.79 Å². The third-order valence-corrected chi connectivity index (χ3v) is 2.90. The average Bonchev–Trinajstić information content (AvgIpc) is 2.46. The quantitative estimate of drug-likeness (QED) is 0.902. The second kappa shape index (κ2) is 6.20. The van der Waals surface area contributed by atoms with Crippen LogP contribution in [0, 0.1) is 0 Å². The summed E-state index contributed by atoms with van der Waals surface area (Å²) in [7, 11) is 1.80. The van der Waals surface area contributed by atoms with Crippen molar-refractivity contribution in [2.45, 2.75) is 6.54 Å². The van der Waals surface area contributed by atoms with Crippen LogP contribution in [0.1, 0.15) is 16.1 Å². The SMILES string of the molecule is CNc1ccc(C(=O)NCc2ccc(Cl)cc2)nc1. The van der Waals surface area contributed by atoms with Gasteiger partial charge in [0, 0.05) is 18.6 Å². The minimum absolute atomic E-state index is 0.197. The summed E-state index contributed by atoms with van der Waals surface area (Å²) in [6, 6.07) is 10.8. The summed E-state index contributed by atoms with van der Waals surface area (Å²) in [5, 5.41) is 6.44. The van der Waals surface area contributed by atoms with Gasteiger partial charge in [0.2, 0.25) is 0 Å². The zero-order valence-electron chi connectivity index (χ0n) is 10.5. The van der Waals surface area contributed by atoms with Gasteiger partial charge >= 0.3 is 0 Å². The maximum atomic E-state index is 11.9. The molecule has 98 valence electrons. The topological polar surface area (TPSA) is 54.0 Å². The fourth-order valence-electron chi connectivity index (χ4n) is 1.55. The molecule has 0 saturated heterocycles. The van der Waals surface area contributed by atoms with Crippen LogP contribution in [0.15, 0.2) is 42.6 Å². The van der Waals surface area contributed by atoms with Crippen molar-refractivity contribution in [2.24, 2.45) is 0 Å². The van der Waals surface area contributed by atoms with Crippen LogP contribution in [0.3, 0.4) is 0 Å². The number of amides is 1. The highest BCUT2D eigenvalue weighted by Gasteiger charge is 2.06. The van der Waals surface area contributed by atoms with Crippen LogP contribution in [0.25, 0.3) is 0 Å². The average molecular weight is 276 g/mol. The Kier molecular flexibility index (Phi) is 4.36. The number of aromatic nitrogens is 1. The molecule has 5 heteroatoms. The number of carbonyl (C=O) groups excluding carboxylic acids is 1. The third-order valence-electron chi connectivity index (χ3n) is 2.65. The molecule has 0 aliphatic rings. The van der Waals surface area contributed by atoms with Gasteiger partial charge in [-0.05, 0) is 29.8 Å². The van der Waals surface area contributed by atoms with Crippen molar-refractivity contribution in [1.82, 2.24) is 10.3 Å². The van der Waals surface area contributed by atoms with E-state index in [9.17, 15) is 4.79 Å². The second-order valence-electron chi connectivity index (χ2n) is 3.99. The number of rotatable bonds is 4. The van der Waals surface area contributed by atoms with Gasteiger partial charge in [0.25, 0.3) is 5.91 Å². The molecule has 0 atom stereocenters. The molecule has 1 aromatic heterocycles. The van der Waals surface area contributed by atoms with Gasteiger partial charge in [-0.25, -0.2) is 4.98 Å². The Morgan fingerprint density at radius 3 is 2.53 bits per heavy atom. The fourth-order valence-corrected chi connectivity index (χ4v) is 1.68. The molecule has 1 heterocycles. The smallest absolute Gasteiger partial charge is 0.270 e. The van der Waals surface area contributed by atoms with Crippen LogP contribution < -0.4 is 10.6 Å². The lowest BCUT2D eigenvalue weighted by Gasteiger charge is -2.06. The molecule has 1 aromatic carbocycles. The standard InChI is InChI=1S/C14H14ClN3O/c1-16-12-6-7-13(17-9-12)14(19)18-8-10-2-4-11(15)5-3-10/h2-7,9,16H,8H2,1H3,(H,18,19). The summed E-state index contributed by atoms with van der Waals surface area (Å²) in [4.78, 5) is 15.9. The number of nitrogens with one attached hydrogen (secondary N) is 2. The predicted molar refractivity (Wildman–Crippen MR) is 76.4 cm³/mol. The van der Waals surface area contributed by atoms with Gasteiger partial charge in [0.15, 0.2) is 0 Å². The maximum absolute atomic E-state index is 11.9. The highest BCUT2D eigenvalue weighted by Crippen LogP contribution is 2.09. The number of benzene rings is 1. The normalized spacial score (nSPS) is 10.0. The number of anilines is 1. The molecule has 2 rings (SSSR count). The van der Waals surface area contributed by atoms with Gasteiger partial charge < -0.3 is 10.6 Å². The first-order chi connectivity index (χ1) is 9.19. The lowest BCUT2D eigenvalue weighted by molar-refractivity contribution is 0.0946. The lowest BCUT2D eigenvalue weighted by Crippen LogP contribution is -2.23. The molecule has 0 aliphatic heterocycles. The van der Waals surface area contributed by atoms with Crippen LogP contribution in [-0.2, 0) is 6.54 Å². The van der Waals surface area contributed by atoms with Gasteiger partial charge in [-0.15, -0.1) is 0 Å². The molecular formula is C14H14ClN3O. The zero-order valence-corrected chi connectivity index (χ0v) is 11.2. The second-order valence-corrected chi connectivity index (χ2v) is 4.43. The minimum Gasteiger partial charge on any atom is -0.387 e. The first-order valence-electron chi connectivity index (χ1n) is 5.85. The first kappa shape index (κ1) is 13.4. The summed E-state index contributed by atoms with van der Waals surface area (Å²) in [6.45, 7) is 0.450. The summed E-state index contributed by atoms with van der Waals surface area (Å²) >= 11 is 5.80. The molecule has 2 aromatic rings. The van der Waals surface area contributed by atoms with Crippen molar-refractivity contribution in [3.05, 3.63) is 58.9 Å². The van der Waals surface area contributed by atoms with Crippen molar-refractivity contribution in [1.29, 1.82) is 0 Å². The van der Waals surface area contributed by atoms with E-state index in [1.54, 1.807) is 31.4 Å². The molecule has 4 nitrogen and oxygen atoms in total. The molecule has 19 heavy (non-hydrogen) atoms. The van der Waals surface area contributed by atoms with Gasteiger partial charge in [-0.1, -0.05) is 23.7 Å². The number of carbonyl (C=O) groups is 1. The third kappa shape index (κ3) is 3.69. The van der Waals surface area contributed by atoms with E-state index >= 15 is 0 Å². The Balaban J connectivity index is 1.95. The van der Waals surface area contributed by atoms with E-state index in [2.05, 4.69) is 15.6 Å². The Morgan fingerprint density at radius 2 is 1.95 bits per heavy atom. The Bertz CT molecular complexity index is 552. The molecular weight excluding hydrogens is 262 g/mol. The summed E-state index contributed by atoms with van der Waals surface area (Å²) < 4.78 is 0. The van der Waals surface area contributed by atoms with Crippen LogP contribution >= 0.6 is 11.6 Å². The molecule has 2 N–H and O–H groups in total. The molecule has 0 unspecified atom stereocenters. The Hall–Kier alpha value is -2.07. The number of hydrogen-bond acceptors (Lipinski definition) is 3. The molecule has 0 saturated carbocycles. The predicted octanol–water partition coefficient (Wildman–Crippen LogP) is 2.71. The van der Waals surface area contributed by atoms with Crippen LogP contribution in [-0.4, -0.2) is 17.9 Å². The highest BCUT2D eigenvalue weighted by atomic mass is 35.5. The molecule has 0 fully saturated rings. The van der Waals surface area contributed by atoms with Crippen molar-refractivity contribution in [2.75, 3.05) is 12.4 Å². The number of halogens is 1. The monoisotopic (exact) mass is 275 g/mol. The van der Waals surface area contributed by atoms with E-state index in [0.29, 0.717) is 17.3 Å². The molecule has 1 amide bonds. The number of hydrogen-bond donors (Lipinski definition) is 2. The van der Waals surface area contributed by atoms with Gasteiger partial charge in [0.05, 0.1) is 11.9 Å². The zero-order chi connectivity index (χ0) is 13.7. The van der Waals surface area contributed by atoms with Crippen molar-refractivity contribution in [3.8, 4) is 0 Å². The largest absolute Gasteiger partial charge is 0.387 e. The highest BCUT2D eigenvalue weighted by molar-refractivity contribution is 6.30. The summed E-state index contributed by atoms with van der Waals surface area (Å²) in [5.41, 5.74) is 2.26. The van der Waals surface area contributed by atoms with E-state index in [-0.39, 0.29) is 5.91 Å². The van der Waals surface area contributed by atoms with E-state index in [0.717, 1.165) is 11.3 Å².